The molecule has 3 aromatic rings. The number of carboxylic acids is 1. The van der Waals surface area contributed by atoms with Crippen LogP contribution in [-0.2, 0) is 30.4 Å². The first-order chi connectivity index (χ1) is 17.1. The van der Waals surface area contributed by atoms with Crippen LogP contribution in [0.1, 0.15) is 64.9 Å². The third-order valence-electron chi connectivity index (χ3n) is 5.88. The van der Waals surface area contributed by atoms with E-state index < -0.39 is 35.4 Å². The molecule has 1 saturated heterocycles. The van der Waals surface area contributed by atoms with E-state index in [1.54, 1.807) is 10.9 Å². The van der Waals surface area contributed by atoms with Gasteiger partial charge in [-0.05, 0) is 26.2 Å². The number of alkyl halides is 3. The molecule has 0 radical (unpaired) electrons. The number of nitrogens with one attached hydrogen (secondary N) is 2. The molecule has 0 unspecified atom stereocenters. The highest BCUT2D eigenvalue weighted by molar-refractivity contribution is 5.94. The number of carboxylic acid groups (broad SMARTS) is 1. The topological polar surface area (TPSA) is 144 Å². The quantitative estimate of drug-likeness (QED) is 0.416. The minimum Gasteiger partial charge on any atom is -0.476 e. The summed E-state index contributed by atoms with van der Waals surface area (Å²) < 4.78 is 51.1. The second-order valence-electron chi connectivity index (χ2n) is 8.18. The molecule has 1 amide bonds. The number of pyridine rings is 1. The summed E-state index contributed by atoms with van der Waals surface area (Å²) in [4.78, 5) is 31.8. The second kappa shape index (κ2) is 10.1. The van der Waals surface area contributed by atoms with Crippen molar-refractivity contribution in [1.82, 2.24) is 25.1 Å². The lowest BCUT2D eigenvalue weighted by Crippen LogP contribution is -2.30. The summed E-state index contributed by atoms with van der Waals surface area (Å²) in [6, 6.07) is 0.104. The first-order valence-electron chi connectivity index (χ1n) is 11.4. The van der Waals surface area contributed by atoms with Crippen LogP contribution in [0.25, 0.3) is 11.0 Å². The minimum absolute atomic E-state index is 0.104. The third kappa shape index (κ3) is 4.98. The summed E-state index contributed by atoms with van der Waals surface area (Å²) in [6.45, 7) is 5.53. The molecule has 194 valence electrons. The molecule has 4 heterocycles. The van der Waals surface area contributed by atoms with E-state index in [1.807, 2.05) is 13.8 Å². The number of amides is 1. The van der Waals surface area contributed by atoms with Crippen LogP contribution in [0.5, 0.6) is 0 Å². The number of hydrogen-bond acceptors (Lipinski definition) is 8. The van der Waals surface area contributed by atoms with Gasteiger partial charge in [0, 0.05) is 43.6 Å². The van der Waals surface area contributed by atoms with Crippen LogP contribution in [0.2, 0.25) is 0 Å². The lowest BCUT2D eigenvalue weighted by molar-refractivity contribution is -0.153. The maximum atomic E-state index is 13.1. The molecule has 11 nitrogen and oxygen atoms in total. The molecule has 3 N–H and O–H groups in total. The van der Waals surface area contributed by atoms with E-state index in [0.717, 1.165) is 23.9 Å². The largest absolute Gasteiger partial charge is 0.476 e. The van der Waals surface area contributed by atoms with Gasteiger partial charge in [0.1, 0.15) is 0 Å². The van der Waals surface area contributed by atoms with E-state index in [2.05, 4.69) is 25.1 Å². The molecule has 1 fully saturated rings. The van der Waals surface area contributed by atoms with Gasteiger partial charge in [-0.2, -0.15) is 23.3 Å². The van der Waals surface area contributed by atoms with E-state index >= 15 is 0 Å². The Morgan fingerprint density at radius 3 is 2.53 bits per heavy atom. The Balaban J connectivity index is 1.68. The Kier molecular flexibility index (Phi) is 7.15. The van der Waals surface area contributed by atoms with Gasteiger partial charge < -0.3 is 24.9 Å². The lowest BCUT2D eigenvalue weighted by atomic mass is 10.0. The van der Waals surface area contributed by atoms with Gasteiger partial charge in [0.2, 0.25) is 5.76 Å². The summed E-state index contributed by atoms with van der Waals surface area (Å²) in [6.07, 6.45) is -1.38. The summed E-state index contributed by atoms with van der Waals surface area (Å²) in [7, 11) is 0. The van der Waals surface area contributed by atoms with E-state index in [-0.39, 0.29) is 12.6 Å². The molecule has 4 rings (SSSR count). The number of fused-ring (bicyclic) bond motifs is 1. The Hall–Kier alpha value is -3.68. The van der Waals surface area contributed by atoms with Crippen molar-refractivity contribution in [1.29, 1.82) is 0 Å². The molecular formula is C22H25F3N6O5. The van der Waals surface area contributed by atoms with Crippen LogP contribution in [0.4, 0.5) is 18.9 Å². The number of oxazole rings is 1. The predicted octanol–water partition coefficient (Wildman–Crippen LogP) is 3.24. The molecule has 0 atom stereocenters. The fraction of sp³-hybridized carbons (Fsp3) is 0.500. The molecule has 14 heteroatoms. The number of ether oxygens (including phenoxy) is 1. The number of aromatic nitrogens is 4. The molecule has 3 aromatic heterocycles. The van der Waals surface area contributed by atoms with Crippen molar-refractivity contribution < 1.29 is 37.0 Å². The average Bonchev–Trinajstić information content (AvgIpc) is 3.48. The maximum absolute atomic E-state index is 13.1. The van der Waals surface area contributed by atoms with E-state index in [1.165, 1.54) is 0 Å². The molecule has 0 aromatic carbocycles. The zero-order valence-electron chi connectivity index (χ0n) is 19.6. The highest BCUT2D eigenvalue weighted by Gasteiger charge is 2.42. The van der Waals surface area contributed by atoms with Gasteiger partial charge in [-0.25, -0.2) is 14.5 Å². The van der Waals surface area contributed by atoms with Gasteiger partial charge >= 0.3 is 18.1 Å². The monoisotopic (exact) mass is 510 g/mol. The molecule has 0 aliphatic carbocycles. The number of halogens is 3. The average molecular weight is 510 g/mol. The molecular weight excluding hydrogens is 485 g/mol. The van der Waals surface area contributed by atoms with Crippen molar-refractivity contribution in [3.05, 3.63) is 34.8 Å². The number of carbonyl (C=O) groups excluding carboxylic acids is 1. The van der Waals surface area contributed by atoms with Crippen molar-refractivity contribution in [3.8, 4) is 0 Å². The molecule has 0 saturated carbocycles. The number of rotatable bonds is 8. The Morgan fingerprint density at radius 1 is 1.22 bits per heavy atom. The van der Waals surface area contributed by atoms with Crippen LogP contribution in [0.15, 0.2) is 10.6 Å². The summed E-state index contributed by atoms with van der Waals surface area (Å²) in [5.74, 6) is -5.88. The number of aromatic carboxylic acids is 1. The number of carbonyl (C=O) groups is 2. The van der Waals surface area contributed by atoms with E-state index in [0.29, 0.717) is 43.1 Å². The molecule has 1 aliphatic heterocycles. The Bertz CT molecular complexity index is 1280. The fourth-order valence-electron chi connectivity index (χ4n) is 4.10. The van der Waals surface area contributed by atoms with Crippen LogP contribution in [-0.4, -0.2) is 56.0 Å². The lowest BCUT2D eigenvalue weighted by Gasteiger charge is -2.26. The van der Waals surface area contributed by atoms with Crippen molar-refractivity contribution in [2.75, 3.05) is 18.5 Å². The predicted molar refractivity (Wildman–Crippen MR) is 120 cm³/mol. The van der Waals surface area contributed by atoms with Gasteiger partial charge in [-0.1, -0.05) is 6.92 Å². The maximum Gasteiger partial charge on any atom is 0.452 e. The Morgan fingerprint density at radius 2 is 1.94 bits per heavy atom. The number of aryl methyl sites for hydroxylation is 2. The normalized spacial score (nSPS) is 14.8. The van der Waals surface area contributed by atoms with Crippen LogP contribution in [0.3, 0.4) is 0 Å². The molecule has 36 heavy (non-hydrogen) atoms. The van der Waals surface area contributed by atoms with Crippen LogP contribution >= 0.6 is 0 Å². The zero-order valence-corrected chi connectivity index (χ0v) is 19.6. The van der Waals surface area contributed by atoms with Crippen molar-refractivity contribution >= 4 is 28.6 Å². The fourth-order valence-corrected chi connectivity index (χ4v) is 4.10. The SMILES string of the molecule is CCc1nc2c(cnn2CC)c(NC2CCOCC2)c1CNC(=O)c1nc(C(=O)O)c(C(F)(F)F)o1. The smallest absolute Gasteiger partial charge is 0.452 e. The standard InChI is InChI=1S/C22H25F3N6O5/c1-3-14-12(9-26-19(32)20-30-16(21(33)34)17(36-20)22(23,24)25)15(28-11-5-7-35-8-6-11)13-10-27-31(4-2)18(13)29-14/h10-11H,3-9H2,1-2H3,(H,26,32)(H,28,29)(H,33,34). The highest BCUT2D eigenvalue weighted by atomic mass is 19.4. The van der Waals surface area contributed by atoms with Gasteiger partial charge in [-0.3, -0.25) is 4.79 Å². The Labute approximate surface area is 203 Å². The van der Waals surface area contributed by atoms with Gasteiger partial charge in [0.25, 0.3) is 5.89 Å². The van der Waals surface area contributed by atoms with Gasteiger partial charge in [0.15, 0.2) is 11.3 Å². The molecule has 0 spiro atoms. The molecule has 1 aliphatic rings. The van der Waals surface area contributed by atoms with Gasteiger partial charge in [-0.15, -0.1) is 0 Å². The van der Waals surface area contributed by atoms with Crippen molar-refractivity contribution in [3.63, 3.8) is 0 Å². The summed E-state index contributed by atoms with van der Waals surface area (Å²) in [5.41, 5.74) is 1.33. The zero-order chi connectivity index (χ0) is 26.0. The number of hydrogen-bond donors (Lipinski definition) is 3. The van der Waals surface area contributed by atoms with Crippen LogP contribution < -0.4 is 10.6 Å². The molecule has 0 bridgehead atoms. The first kappa shape index (κ1) is 25.4. The van der Waals surface area contributed by atoms with Crippen LogP contribution in [0, 0.1) is 0 Å². The minimum atomic E-state index is -5.12. The second-order valence-corrected chi connectivity index (χ2v) is 8.18. The van der Waals surface area contributed by atoms with Crippen molar-refractivity contribution in [2.45, 2.75) is 58.4 Å². The van der Waals surface area contributed by atoms with Gasteiger partial charge in [0.05, 0.1) is 17.3 Å². The van der Waals surface area contributed by atoms with E-state index in [4.69, 9.17) is 14.8 Å². The van der Waals surface area contributed by atoms with Crippen molar-refractivity contribution in [2.24, 2.45) is 0 Å². The third-order valence-corrected chi connectivity index (χ3v) is 5.88. The summed E-state index contributed by atoms with van der Waals surface area (Å²) >= 11 is 0. The first-order valence-corrected chi connectivity index (χ1v) is 11.4. The summed E-state index contributed by atoms with van der Waals surface area (Å²) in [5, 5.41) is 20.2. The van der Waals surface area contributed by atoms with E-state index in [9.17, 15) is 22.8 Å². The number of anilines is 1. The number of nitrogens with zero attached hydrogens (tertiary/aromatic N) is 4. The highest BCUT2D eigenvalue weighted by Crippen LogP contribution is 2.33.